The summed E-state index contributed by atoms with van der Waals surface area (Å²) in [6.45, 7) is 4.06. The Bertz CT molecular complexity index is 791. The number of aromatic nitrogens is 4. The second kappa shape index (κ2) is 3.81. The highest BCUT2D eigenvalue weighted by Crippen LogP contribution is 2.22. The van der Waals surface area contributed by atoms with Gasteiger partial charge in [-0.15, -0.1) is 0 Å². The molecular weight excluding hydrogens is 244 g/mol. The fourth-order valence-electron chi connectivity index (χ4n) is 2.27. The van der Waals surface area contributed by atoms with Crippen LogP contribution in [0, 0.1) is 18.6 Å². The third kappa shape index (κ3) is 1.59. The Morgan fingerprint density at radius 3 is 2.72 bits per heavy atom. The molecule has 0 atom stereocenters. The zero-order valence-electron chi connectivity index (χ0n) is 10.6. The molecule has 1 aromatic carbocycles. The Labute approximate surface area is 110 Å². The zero-order chi connectivity index (χ0) is 12.9. The summed E-state index contributed by atoms with van der Waals surface area (Å²) in [5.74, 6) is 0. The first-order chi connectivity index (χ1) is 8.56. The van der Waals surface area contributed by atoms with E-state index >= 15 is 0 Å². The molecule has 0 bridgehead atoms. The smallest absolute Gasteiger partial charge is 0.182 e. The van der Waals surface area contributed by atoms with Crippen LogP contribution < -0.4 is 0 Å². The van der Waals surface area contributed by atoms with Crippen molar-refractivity contribution in [1.29, 1.82) is 0 Å². The number of benzene rings is 1. The third-order valence-corrected chi connectivity index (χ3v) is 3.35. The summed E-state index contributed by atoms with van der Waals surface area (Å²) in [7, 11) is 1.92. The predicted octanol–water partition coefficient (Wildman–Crippen LogP) is 3.04. The van der Waals surface area contributed by atoms with Crippen molar-refractivity contribution in [2.75, 3.05) is 0 Å². The Morgan fingerprint density at radius 2 is 2.06 bits per heavy atom. The first kappa shape index (κ1) is 11.2. The maximum atomic E-state index is 5.42. The molecule has 3 rings (SSSR count). The molecule has 0 fully saturated rings. The lowest BCUT2D eigenvalue weighted by Crippen LogP contribution is -1.94. The number of imidazole rings is 1. The molecule has 0 saturated carbocycles. The first-order valence-electron chi connectivity index (χ1n) is 5.78. The molecule has 0 aliphatic carbocycles. The van der Waals surface area contributed by atoms with Crippen molar-refractivity contribution in [3.8, 4) is 5.69 Å². The first-order valence-corrected chi connectivity index (χ1v) is 6.19. The molecule has 0 aliphatic rings. The molecule has 1 N–H and O–H groups in total. The summed E-state index contributed by atoms with van der Waals surface area (Å²) >= 11 is 5.42. The van der Waals surface area contributed by atoms with Gasteiger partial charge < -0.3 is 4.98 Å². The van der Waals surface area contributed by atoms with Gasteiger partial charge in [0.1, 0.15) is 0 Å². The van der Waals surface area contributed by atoms with Gasteiger partial charge in [0, 0.05) is 13.2 Å². The number of aromatic amines is 1. The number of hydrogen-bond donors (Lipinski definition) is 1. The third-order valence-electron chi connectivity index (χ3n) is 3.07. The van der Waals surface area contributed by atoms with Crippen LogP contribution in [0.5, 0.6) is 0 Å². The lowest BCUT2D eigenvalue weighted by molar-refractivity contribution is 0.756. The zero-order valence-corrected chi connectivity index (χ0v) is 11.4. The van der Waals surface area contributed by atoms with Gasteiger partial charge in [0.2, 0.25) is 0 Å². The van der Waals surface area contributed by atoms with Gasteiger partial charge in [-0.1, -0.05) is 6.07 Å². The van der Waals surface area contributed by atoms with Gasteiger partial charge in [0.15, 0.2) is 4.77 Å². The highest BCUT2D eigenvalue weighted by Gasteiger charge is 2.11. The number of nitrogens with one attached hydrogen (secondary N) is 1. The number of fused-ring (bicyclic) bond motifs is 1. The fourth-order valence-corrected chi connectivity index (χ4v) is 2.58. The van der Waals surface area contributed by atoms with Crippen LogP contribution in [0.2, 0.25) is 0 Å². The summed E-state index contributed by atoms with van der Waals surface area (Å²) in [6.07, 6.45) is 1.98. The molecule has 5 heteroatoms. The summed E-state index contributed by atoms with van der Waals surface area (Å²) in [5, 5.41) is 4.37. The topological polar surface area (TPSA) is 38.5 Å². The van der Waals surface area contributed by atoms with Gasteiger partial charge in [-0.2, -0.15) is 5.10 Å². The Balaban J connectivity index is 2.39. The number of hydrogen-bond acceptors (Lipinski definition) is 2. The van der Waals surface area contributed by atoms with E-state index in [4.69, 9.17) is 12.2 Å². The maximum absolute atomic E-state index is 5.42. The highest BCUT2D eigenvalue weighted by atomic mass is 32.1. The molecule has 2 aromatic heterocycles. The lowest BCUT2D eigenvalue weighted by Gasteiger charge is -2.02. The molecule has 4 nitrogen and oxygen atoms in total. The standard InChI is InChI=1S/C13H14N4S/c1-8-4-5-11-10(6-8)14-13(18)17(11)12-7-16(3)15-9(12)2/h4-7H,1-3H3,(H,14,18). The van der Waals surface area contributed by atoms with Crippen molar-refractivity contribution in [1.82, 2.24) is 19.3 Å². The molecule has 92 valence electrons. The molecule has 3 aromatic rings. The molecular formula is C13H14N4S. The van der Waals surface area contributed by atoms with E-state index in [0.717, 1.165) is 22.4 Å². The minimum atomic E-state index is 0.701. The van der Waals surface area contributed by atoms with Crippen LogP contribution in [-0.2, 0) is 7.05 Å². The molecule has 18 heavy (non-hydrogen) atoms. The molecule has 0 radical (unpaired) electrons. The van der Waals surface area contributed by atoms with Crippen LogP contribution in [0.1, 0.15) is 11.3 Å². The van der Waals surface area contributed by atoms with Crippen molar-refractivity contribution in [3.05, 3.63) is 40.4 Å². The molecule has 2 heterocycles. The monoisotopic (exact) mass is 258 g/mol. The van der Waals surface area contributed by atoms with Crippen molar-refractivity contribution in [2.24, 2.45) is 7.05 Å². The van der Waals surface area contributed by atoms with Crippen molar-refractivity contribution in [3.63, 3.8) is 0 Å². The number of nitrogens with zero attached hydrogens (tertiary/aromatic N) is 3. The summed E-state index contributed by atoms with van der Waals surface area (Å²) in [4.78, 5) is 3.24. The van der Waals surface area contributed by atoms with Gasteiger partial charge in [-0.3, -0.25) is 9.25 Å². The Kier molecular flexibility index (Phi) is 2.38. The van der Waals surface area contributed by atoms with Gasteiger partial charge in [-0.25, -0.2) is 0 Å². The minimum Gasteiger partial charge on any atom is -0.330 e. The minimum absolute atomic E-state index is 0.701. The van der Waals surface area contributed by atoms with Gasteiger partial charge in [0.05, 0.1) is 22.4 Å². The van der Waals surface area contributed by atoms with Crippen LogP contribution in [0.4, 0.5) is 0 Å². The molecule has 0 saturated heterocycles. The average Bonchev–Trinajstić information content (AvgIpc) is 2.77. The van der Waals surface area contributed by atoms with E-state index in [1.165, 1.54) is 5.56 Å². The van der Waals surface area contributed by atoms with Crippen LogP contribution in [0.3, 0.4) is 0 Å². The van der Waals surface area contributed by atoms with E-state index in [1.54, 1.807) is 4.68 Å². The lowest BCUT2D eigenvalue weighted by atomic mass is 10.2. The fraction of sp³-hybridized carbons (Fsp3) is 0.231. The Hall–Kier alpha value is -1.88. The Morgan fingerprint density at radius 1 is 1.28 bits per heavy atom. The van der Waals surface area contributed by atoms with E-state index in [2.05, 4.69) is 35.2 Å². The largest absolute Gasteiger partial charge is 0.330 e. The van der Waals surface area contributed by atoms with E-state index in [-0.39, 0.29) is 0 Å². The molecule has 0 amide bonds. The molecule has 0 unspecified atom stereocenters. The summed E-state index contributed by atoms with van der Waals surface area (Å²) in [5.41, 5.74) is 5.35. The van der Waals surface area contributed by atoms with Crippen molar-refractivity contribution >= 4 is 23.3 Å². The normalized spacial score (nSPS) is 11.3. The van der Waals surface area contributed by atoms with E-state index in [0.29, 0.717) is 4.77 Å². The SMILES string of the molecule is Cc1ccc2c(c1)[nH]c(=S)n2-c1cn(C)nc1C. The summed E-state index contributed by atoms with van der Waals surface area (Å²) < 4.78 is 4.54. The highest BCUT2D eigenvalue weighted by molar-refractivity contribution is 7.71. The number of aryl methyl sites for hydroxylation is 3. The maximum Gasteiger partial charge on any atom is 0.182 e. The van der Waals surface area contributed by atoms with E-state index in [9.17, 15) is 0 Å². The van der Waals surface area contributed by atoms with Gasteiger partial charge in [0.25, 0.3) is 0 Å². The predicted molar refractivity (Wildman–Crippen MR) is 74.7 cm³/mol. The quantitative estimate of drug-likeness (QED) is 0.681. The van der Waals surface area contributed by atoms with Crippen LogP contribution >= 0.6 is 12.2 Å². The number of rotatable bonds is 1. The van der Waals surface area contributed by atoms with Crippen molar-refractivity contribution < 1.29 is 0 Å². The second-order valence-corrected chi connectivity index (χ2v) is 4.95. The van der Waals surface area contributed by atoms with E-state index < -0.39 is 0 Å². The number of H-pyrrole nitrogens is 1. The average molecular weight is 258 g/mol. The van der Waals surface area contributed by atoms with Gasteiger partial charge in [-0.05, 0) is 43.8 Å². The van der Waals surface area contributed by atoms with Crippen molar-refractivity contribution in [2.45, 2.75) is 13.8 Å². The summed E-state index contributed by atoms with van der Waals surface area (Å²) in [6, 6.07) is 6.28. The van der Waals surface area contributed by atoms with E-state index in [1.807, 2.05) is 24.7 Å². The molecule has 0 aliphatic heterocycles. The van der Waals surface area contributed by atoms with Crippen LogP contribution in [-0.4, -0.2) is 19.3 Å². The second-order valence-electron chi connectivity index (χ2n) is 4.56. The van der Waals surface area contributed by atoms with Gasteiger partial charge >= 0.3 is 0 Å². The van der Waals surface area contributed by atoms with Crippen LogP contribution in [0.25, 0.3) is 16.7 Å². The molecule has 0 spiro atoms. The van der Waals surface area contributed by atoms with Crippen LogP contribution in [0.15, 0.2) is 24.4 Å².